The summed E-state index contributed by atoms with van der Waals surface area (Å²) in [4.78, 5) is 12.8. The lowest BCUT2D eigenvalue weighted by Gasteiger charge is -2.15. The first-order valence-electron chi connectivity index (χ1n) is 10.0. The van der Waals surface area contributed by atoms with Gasteiger partial charge in [0.25, 0.3) is 0 Å². The summed E-state index contributed by atoms with van der Waals surface area (Å²) >= 11 is 0. The molecule has 1 aromatic carbocycles. The number of benzene rings is 1. The minimum Gasteiger partial charge on any atom is -0.310 e. The van der Waals surface area contributed by atoms with Crippen LogP contribution >= 0.6 is 0 Å². The summed E-state index contributed by atoms with van der Waals surface area (Å²) < 4.78 is 43.4. The summed E-state index contributed by atoms with van der Waals surface area (Å²) in [6, 6.07) is 6.69. The molecule has 0 atom stereocenters. The lowest BCUT2D eigenvalue weighted by Crippen LogP contribution is -2.19. The van der Waals surface area contributed by atoms with E-state index in [-0.39, 0.29) is 23.8 Å². The number of carbonyl (C=O) groups excluding carboxylic acids is 1. The van der Waals surface area contributed by atoms with E-state index in [1.54, 1.807) is 13.0 Å². The Hall–Kier alpha value is -3.10. The number of carbonyl (C=O) groups is 1. The molecule has 0 aliphatic rings. The zero-order valence-corrected chi connectivity index (χ0v) is 18.2. The Morgan fingerprint density at radius 3 is 2.45 bits per heavy atom. The highest BCUT2D eigenvalue weighted by atomic mass is 19.4. The van der Waals surface area contributed by atoms with E-state index in [4.69, 9.17) is 0 Å². The van der Waals surface area contributed by atoms with E-state index >= 15 is 0 Å². The van der Waals surface area contributed by atoms with Crippen molar-refractivity contribution in [1.82, 2.24) is 19.6 Å². The molecule has 9 heteroatoms. The second-order valence-corrected chi connectivity index (χ2v) is 8.05. The molecule has 0 saturated heterocycles. The van der Waals surface area contributed by atoms with Crippen molar-refractivity contribution in [3.63, 3.8) is 0 Å². The molecule has 31 heavy (non-hydrogen) atoms. The molecule has 2 heterocycles. The van der Waals surface area contributed by atoms with Crippen LogP contribution in [0.2, 0.25) is 0 Å². The number of alkyl halides is 3. The van der Waals surface area contributed by atoms with E-state index in [9.17, 15) is 18.0 Å². The molecule has 0 unspecified atom stereocenters. The van der Waals surface area contributed by atoms with Gasteiger partial charge in [0.15, 0.2) is 0 Å². The fourth-order valence-electron chi connectivity index (χ4n) is 3.53. The predicted octanol–water partition coefficient (Wildman–Crippen LogP) is 4.85. The smallest absolute Gasteiger partial charge is 0.310 e. The van der Waals surface area contributed by atoms with Gasteiger partial charge in [-0.1, -0.05) is 26.0 Å². The van der Waals surface area contributed by atoms with Crippen LogP contribution in [0.15, 0.2) is 30.3 Å². The highest BCUT2D eigenvalue weighted by Gasteiger charge is 2.34. The van der Waals surface area contributed by atoms with Crippen LogP contribution in [0.25, 0.3) is 5.69 Å². The van der Waals surface area contributed by atoms with Crippen LogP contribution in [0.5, 0.6) is 0 Å². The number of aromatic nitrogens is 4. The Kier molecular flexibility index (Phi) is 6.24. The Balaban J connectivity index is 1.88. The fraction of sp³-hybridized carbons (Fsp3) is 0.409. The largest absolute Gasteiger partial charge is 0.418 e. The van der Waals surface area contributed by atoms with E-state index in [0.29, 0.717) is 11.6 Å². The molecule has 6 nitrogen and oxygen atoms in total. The maximum Gasteiger partial charge on any atom is 0.418 e. The number of hydrogen-bond acceptors (Lipinski definition) is 3. The molecule has 0 fully saturated rings. The third kappa shape index (κ3) is 4.98. The average Bonchev–Trinajstić information content (AvgIpc) is 3.14. The third-order valence-corrected chi connectivity index (χ3v) is 4.94. The molecule has 166 valence electrons. The lowest BCUT2D eigenvalue weighted by atomic mass is 10.1. The molecule has 0 bridgehead atoms. The standard InChI is InChI=1S/C22H26F3N5O/c1-13(2)12-29-16(5)17(15(4)28-29)11-21(31)26-20-10-14(3)27-30(20)19-9-7-6-8-18(19)22(23,24)25/h6-10,13H,11-12H2,1-5H3,(H,26,31). The van der Waals surface area contributed by atoms with Gasteiger partial charge in [-0.3, -0.25) is 9.48 Å². The second-order valence-electron chi connectivity index (χ2n) is 8.05. The highest BCUT2D eigenvalue weighted by Crippen LogP contribution is 2.34. The van der Waals surface area contributed by atoms with Gasteiger partial charge < -0.3 is 5.32 Å². The quantitative estimate of drug-likeness (QED) is 0.604. The number of nitrogens with zero attached hydrogens (tertiary/aromatic N) is 4. The van der Waals surface area contributed by atoms with Crippen molar-refractivity contribution in [2.24, 2.45) is 5.92 Å². The first kappa shape index (κ1) is 22.6. The van der Waals surface area contributed by atoms with E-state index in [0.717, 1.165) is 34.2 Å². The molecule has 1 amide bonds. The van der Waals surface area contributed by atoms with E-state index in [2.05, 4.69) is 29.4 Å². The predicted molar refractivity (Wildman–Crippen MR) is 112 cm³/mol. The number of halogens is 3. The van der Waals surface area contributed by atoms with Crippen LogP contribution in [-0.4, -0.2) is 25.5 Å². The van der Waals surface area contributed by atoms with Crippen LogP contribution in [0.3, 0.4) is 0 Å². The van der Waals surface area contributed by atoms with Crippen LogP contribution in [-0.2, 0) is 23.9 Å². The molecular formula is C22H26F3N5O. The molecule has 0 saturated carbocycles. The monoisotopic (exact) mass is 433 g/mol. The number of rotatable bonds is 6. The number of nitrogens with one attached hydrogen (secondary N) is 1. The number of anilines is 1. The Labute approximate surface area is 179 Å². The van der Waals surface area contributed by atoms with Gasteiger partial charge in [-0.25, -0.2) is 4.68 Å². The lowest BCUT2D eigenvalue weighted by molar-refractivity contribution is -0.137. The summed E-state index contributed by atoms with van der Waals surface area (Å²) in [5.41, 5.74) is 2.01. The van der Waals surface area contributed by atoms with Crippen molar-refractivity contribution in [3.8, 4) is 5.69 Å². The number of aryl methyl sites for hydroxylation is 2. The maximum absolute atomic E-state index is 13.5. The van der Waals surface area contributed by atoms with E-state index in [1.807, 2.05) is 18.5 Å². The summed E-state index contributed by atoms with van der Waals surface area (Å²) in [7, 11) is 0. The zero-order chi connectivity index (χ0) is 22.9. The second kappa shape index (κ2) is 8.56. The fourth-order valence-corrected chi connectivity index (χ4v) is 3.53. The third-order valence-electron chi connectivity index (χ3n) is 4.94. The first-order chi connectivity index (χ1) is 14.5. The highest BCUT2D eigenvalue weighted by molar-refractivity contribution is 5.92. The van der Waals surface area contributed by atoms with Crippen molar-refractivity contribution >= 4 is 11.7 Å². The Bertz CT molecular complexity index is 1100. The molecule has 3 aromatic rings. The minimum absolute atomic E-state index is 0.0703. The molecule has 0 radical (unpaired) electrons. The molecule has 0 aliphatic carbocycles. The van der Waals surface area contributed by atoms with Crippen molar-refractivity contribution in [1.29, 1.82) is 0 Å². The van der Waals surface area contributed by atoms with Crippen molar-refractivity contribution in [2.45, 2.75) is 53.8 Å². The summed E-state index contributed by atoms with van der Waals surface area (Å²) in [5.74, 6) is 0.246. The van der Waals surface area contributed by atoms with Gasteiger partial charge >= 0.3 is 6.18 Å². The van der Waals surface area contributed by atoms with Crippen molar-refractivity contribution in [3.05, 3.63) is 58.5 Å². The SMILES string of the molecule is Cc1cc(NC(=O)Cc2c(C)nn(CC(C)C)c2C)n(-c2ccccc2C(F)(F)F)n1. The minimum atomic E-state index is -4.54. The van der Waals surface area contributed by atoms with Gasteiger partial charge in [-0.2, -0.15) is 23.4 Å². The maximum atomic E-state index is 13.5. The Morgan fingerprint density at radius 2 is 1.81 bits per heavy atom. The van der Waals surface area contributed by atoms with Crippen molar-refractivity contribution in [2.75, 3.05) is 5.32 Å². The van der Waals surface area contributed by atoms with Crippen LogP contribution in [0, 0.1) is 26.7 Å². The van der Waals surface area contributed by atoms with Gasteiger partial charge in [0.2, 0.25) is 5.91 Å². The van der Waals surface area contributed by atoms with Gasteiger partial charge in [-0.05, 0) is 38.8 Å². The number of para-hydroxylation sites is 1. The average molecular weight is 433 g/mol. The topological polar surface area (TPSA) is 64.7 Å². The zero-order valence-electron chi connectivity index (χ0n) is 18.2. The van der Waals surface area contributed by atoms with Crippen LogP contribution in [0.1, 0.15) is 42.1 Å². The Morgan fingerprint density at radius 1 is 1.13 bits per heavy atom. The summed E-state index contributed by atoms with van der Waals surface area (Å²) in [5, 5.41) is 11.4. The summed E-state index contributed by atoms with van der Waals surface area (Å²) in [6.45, 7) is 10.3. The van der Waals surface area contributed by atoms with Gasteiger partial charge in [0.1, 0.15) is 5.82 Å². The first-order valence-corrected chi connectivity index (χ1v) is 10.0. The van der Waals surface area contributed by atoms with Crippen molar-refractivity contribution < 1.29 is 18.0 Å². The van der Waals surface area contributed by atoms with Crippen LogP contribution < -0.4 is 5.32 Å². The van der Waals surface area contributed by atoms with E-state index < -0.39 is 11.7 Å². The van der Waals surface area contributed by atoms with E-state index in [1.165, 1.54) is 18.2 Å². The van der Waals surface area contributed by atoms with Crippen LogP contribution in [0.4, 0.5) is 19.0 Å². The molecule has 1 N–H and O–H groups in total. The summed E-state index contributed by atoms with van der Waals surface area (Å²) in [6.07, 6.45) is -4.47. The molecule has 2 aromatic heterocycles. The normalized spacial score (nSPS) is 11.9. The van der Waals surface area contributed by atoms with Gasteiger partial charge in [0, 0.05) is 23.9 Å². The van der Waals surface area contributed by atoms with Gasteiger partial charge in [-0.15, -0.1) is 0 Å². The molecule has 0 spiro atoms. The molecule has 0 aliphatic heterocycles. The number of amides is 1. The molecule has 3 rings (SSSR count). The molecular weight excluding hydrogens is 407 g/mol. The number of hydrogen-bond donors (Lipinski definition) is 1. The van der Waals surface area contributed by atoms with Gasteiger partial charge in [0.05, 0.1) is 29.1 Å².